The molecule has 3 aromatic rings. The number of carbonyl (C=O) groups is 1. The zero-order valence-corrected chi connectivity index (χ0v) is 13.0. The quantitative estimate of drug-likeness (QED) is 0.763. The summed E-state index contributed by atoms with van der Waals surface area (Å²) >= 11 is 6.02. The highest BCUT2D eigenvalue weighted by atomic mass is 35.5. The summed E-state index contributed by atoms with van der Waals surface area (Å²) in [7, 11) is 1.53. The molecule has 0 amide bonds. The van der Waals surface area contributed by atoms with E-state index in [-0.39, 0.29) is 11.4 Å². The van der Waals surface area contributed by atoms with Gasteiger partial charge in [-0.3, -0.25) is 0 Å². The van der Waals surface area contributed by atoms with Gasteiger partial charge in [-0.25, -0.2) is 4.79 Å². The number of aromatic nitrogens is 1. The third-order valence-corrected chi connectivity index (χ3v) is 3.97. The summed E-state index contributed by atoms with van der Waals surface area (Å²) in [6.07, 6.45) is 0. The summed E-state index contributed by atoms with van der Waals surface area (Å²) in [6, 6.07) is 11.6. The van der Waals surface area contributed by atoms with Crippen molar-refractivity contribution in [2.45, 2.75) is 6.54 Å². The summed E-state index contributed by atoms with van der Waals surface area (Å²) in [5.41, 5.74) is 1.74. The van der Waals surface area contributed by atoms with Gasteiger partial charge in [-0.2, -0.15) is 0 Å². The molecule has 0 aliphatic carbocycles. The first kappa shape index (κ1) is 15.2. The molecule has 6 heteroatoms. The van der Waals surface area contributed by atoms with E-state index in [0.717, 1.165) is 11.1 Å². The van der Waals surface area contributed by atoms with Gasteiger partial charge in [0.25, 0.3) is 0 Å². The van der Waals surface area contributed by atoms with Crippen molar-refractivity contribution in [2.75, 3.05) is 7.11 Å². The topological polar surface area (TPSA) is 71.7 Å². The maximum Gasteiger partial charge on any atom is 0.352 e. The zero-order chi connectivity index (χ0) is 16.6. The number of methoxy groups -OCH3 is 1. The van der Waals surface area contributed by atoms with Crippen molar-refractivity contribution in [2.24, 2.45) is 0 Å². The standard InChI is InChI=1S/C17H14ClNO4/c1-23-16-6-10(2-4-13(16)18)9-19-14-5-3-12(20)7-11(14)8-15(19)17(21)22/h2-8,20H,9H2,1H3,(H,21,22). The van der Waals surface area contributed by atoms with Crippen molar-refractivity contribution in [1.29, 1.82) is 0 Å². The van der Waals surface area contributed by atoms with Crippen LogP contribution in [0, 0.1) is 0 Å². The predicted octanol–water partition coefficient (Wildman–Crippen LogP) is 3.76. The highest BCUT2D eigenvalue weighted by Crippen LogP contribution is 2.28. The first-order chi connectivity index (χ1) is 11.0. The van der Waals surface area contributed by atoms with E-state index in [2.05, 4.69) is 0 Å². The highest BCUT2D eigenvalue weighted by Gasteiger charge is 2.15. The normalized spacial score (nSPS) is 10.9. The number of fused-ring (bicyclic) bond motifs is 1. The van der Waals surface area contributed by atoms with Crippen molar-refractivity contribution in [3.63, 3.8) is 0 Å². The third-order valence-electron chi connectivity index (χ3n) is 3.66. The van der Waals surface area contributed by atoms with E-state index in [1.165, 1.54) is 13.2 Å². The minimum atomic E-state index is -1.03. The number of hydrogen-bond donors (Lipinski definition) is 2. The number of halogens is 1. The minimum absolute atomic E-state index is 0.0970. The van der Waals surface area contributed by atoms with Crippen LogP contribution in [0.5, 0.6) is 11.5 Å². The number of carboxylic acids is 1. The average Bonchev–Trinajstić information content (AvgIpc) is 2.87. The van der Waals surface area contributed by atoms with Gasteiger partial charge in [0.2, 0.25) is 0 Å². The largest absolute Gasteiger partial charge is 0.508 e. The van der Waals surface area contributed by atoms with E-state index in [0.29, 0.717) is 22.7 Å². The molecule has 0 atom stereocenters. The number of benzene rings is 2. The third kappa shape index (κ3) is 2.83. The van der Waals surface area contributed by atoms with Gasteiger partial charge in [-0.15, -0.1) is 0 Å². The van der Waals surface area contributed by atoms with Crippen molar-refractivity contribution >= 4 is 28.5 Å². The van der Waals surface area contributed by atoms with Gasteiger partial charge in [0.05, 0.1) is 12.1 Å². The molecule has 5 nitrogen and oxygen atoms in total. The molecule has 118 valence electrons. The van der Waals surface area contributed by atoms with E-state index in [9.17, 15) is 15.0 Å². The van der Waals surface area contributed by atoms with Crippen LogP contribution in [0.1, 0.15) is 16.1 Å². The lowest BCUT2D eigenvalue weighted by atomic mass is 10.2. The Labute approximate surface area is 137 Å². The number of rotatable bonds is 4. The second-order valence-electron chi connectivity index (χ2n) is 5.13. The van der Waals surface area contributed by atoms with Crippen LogP contribution in [0.15, 0.2) is 42.5 Å². The van der Waals surface area contributed by atoms with Crippen LogP contribution in [0.3, 0.4) is 0 Å². The Morgan fingerprint density at radius 1 is 1.22 bits per heavy atom. The number of phenolic OH excluding ortho intramolecular Hbond substituents is 1. The molecule has 0 saturated carbocycles. The Bertz CT molecular complexity index is 901. The molecule has 0 spiro atoms. The molecule has 0 bridgehead atoms. The number of hydrogen-bond acceptors (Lipinski definition) is 3. The Kier molecular flexibility index (Phi) is 3.88. The van der Waals surface area contributed by atoms with Gasteiger partial charge < -0.3 is 19.5 Å². The van der Waals surface area contributed by atoms with Crippen molar-refractivity contribution in [3.05, 3.63) is 58.7 Å². The molecule has 23 heavy (non-hydrogen) atoms. The molecule has 0 aliphatic rings. The zero-order valence-electron chi connectivity index (χ0n) is 12.3. The van der Waals surface area contributed by atoms with Crippen LogP contribution in [0.25, 0.3) is 10.9 Å². The fraction of sp³-hybridized carbons (Fsp3) is 0.118. The summed E-state index contributed by atoms with van der Waals surface area (Å²) in [4.78, 5) is 11.5. The summed E-state index contributed by atoms with van der Waals surface area (Å²) in [5.74, 6) is -0.392. The fourth-order valence-electron chi connectivity index (χ4n) is 2.59. The van der Waals surface area contributed by atoms with E-state index in [1.807, 2.05) is 6.07 Å². The molecular weight excluding hydrogens is 318 g/mol. The molecule has 2 aromatic carbocycles. The number of aromatic carboxylic acids is 1. The maximum atomic E-state index is 11.5. The lowest BCUT2D eigenvalue weighted by Gasteiger charge is -2.11. The predicted molar refractivity (Wildman–Crippen MR) is 87.7 cm³/mol. The minimum Gasteiger partial charge on any atom is -0.508 e. The van der Waals surface area contributed by atoms with Crippen molar-refractivity contribution in [3.8, 4) is 11.5 Å². The number of aromatic hydroxyl groups is 1. The van der Waals surface area contributed by atoms with Crippen LogP contribution < -0.4 is 4.74 Å². The Balaban J connectivity index is 2.11. The lowest BCUT2D eigenvalue weighted by molar-refractivity contribution is 0.0686. The van der Waals surface area contributed by atoms with E-state index < -0.39 is 5.97 Å². The molecule has 1 aromatic heterocycles. The van der Waals surface area contributed by atoms with Gasteiger partial charge in [0.1, 0.15) is 17.2 Å². The molecule has 0 unspecified atom stereocenters. The first-order valence-electron chi connectivity index (χ1n) is 6.87. The van der Waals surface area contributed by atoms with E-state index in [1.54, 1.807) is 34.9 Å². The van der Waals surface area contributed by atoms with Gasteiger partial charge in [0.15, 0.2) is 0 Å². The summed E-state index contributed by atoms with van der Waals surface area (Å²) in [6.45, 7) is 0.351. The summed E-state index contributed by atoms with van der Waals surface area (Å²) < 4.78 is 6.88. The lowest BCUT2D eigenvalue weighted by Crippen LogP contribution is -2.09. The molecule has 0 radical (unpaired) electrons. The highest BCUT2D eigenvalue weighted by molar-refractivity contribution is 6.32. The van der Waals surface area contributed by atoms with Gasteiger partial charge in [-0.1, -0.05) is 17.7 Å². The van der Waals surface area contributed by atoms with Crippen molar-refractivity contribution < 1.29 is 19.7 Å². The van der Waals surface area contributed by atoms with Gasteiger partial charge in [0, 0.05) is 17.4 Å². The van der Waals surface area contributed by atoms with E-state index in [4.69, 9.17) is 16.3 Å². The first-order valence-corrected chi connectivity index (χ1v) is 7.25. The van der Waals surface area contributed by atoms with Crippen LogP contribution >= 0.6 is 11.6 Å². The molecule has 0 aliphatic heterocycles. The molecule has 0 fully saturated rings. The number of nitrogens with zero attached hydrogens (tertiary/aromatic N) is 1. The number of carboxylic acid groups (broad SMARTS) is 1. The molecule has 3 rings (SSSR count). The SMILES string of the molecule is COc1cc(Cn2c(C(=O)O)cc3cc(O)ccc32)ccc1Cl. The van der Waals surface area contributed by atoms with Crippen LogP contribution in [-0.2, 0) is 6.54 Å². The van der Waals surface area contributed by atoms with Gasteiger partial charge in [-0.05, 0) is 42.0 Å². The smallest absolute Gasteiger partial charge is 0.352 e. The summed E-state index contributed by atoms with van der Waals surface area (Å²) in [5, 5.41) is 20.2. The second kappa shape index (κ2) is 5.85. The Morgan fingerprint density at radius 3 is 2.70 bits per heavy atom. The Morgan fingerprint density at radius 2 is 2.00 bits per heavy atom. The number of phenols is 1. The van der Waals surface area contributed by atoms with Crippen LogP contribution in [-0.4, -0.2) is 27.9 Å². The molecule has 0 saturated heterocycles. The second-order valence-corrected chi connectivity index (χ2v) is 5.54. The number of ether oxygens (including phenoxy) is 1. The Hall–Kier alpha value is -2.66. The van der Waals surface area contributed by atoms with E-state index >= 15 is 0 Å². The van der Waals surface area contributed by atoms with Crippen molar-refractivity contribution in [1.82, 2.24) is 4.57 Å². The molecular formula is C17H14ClNO4. The average molecular weight is 332 g/mol. The monoisotopic (exact) mass is 331 g/mol. The maximum absolute atomic E-state index is 11.5. The van der Waals surface area contributed by atoms with Crippen LogP contribution in [0.4, 0.5) is 0 Å². The molecule has 2 N–H and O–H groups in total. The van der Waals surface area contributed by atoms with Gasteiger partial charge >= 0.3 is 5.97 Å². The van der Waals surface area contributed by atoms with Crippen LogP contribution in [0.2, 0.25) is 5.02 Å². The fourth-order valence-corrected chi connectivity index (χ4v) is 2.79. The molecule has 1 heterocycles.